The van der Waals surface area contributed by atoms with Crippen LogP contribution < -0.4 is 5.73 Å². The number of tetrazole rings is 1. The van der Waals surface area contributed by atoms with Crippen LogP contribution in [0, 0.1) is 5.82 Å². The fraction of sp³-hybridized carbons (Fsp3) is 0.417. The summed E-state index contributed by atoms with van der Waals surface area (Å²) in [5.41, 5.74) is 6.28. The SMILES string of the molecule is Nc1cc(Cl)c(F)cc1Sc1nnnn1C1CCCC1. The van der Waals surface area contributed by atoms with Crippen molar-refractivity contribution in [3.8, 4) is 0 Å². The van der Waals surface area contributed by atoms with Crippen LogP contribution >= 0.6 is 23.4 Å². The average molecular weight is 314 g/mol. The van der Waals surface area contributed by atoms with Crippen LogP contribution in [0.15, 0.2) is 22.2 Å². The molecular weight excluding hydrogens is 301 g/mol. The number of halogens is 2. The molecule has 0 unspecified atom stereocenters. The Balaban J connectivity index is 1.88. The minimum atomic E-state index is -0.497. The Morgan fingerprint density at radius 2 is 2.10 bits per heavy atom. The van der Waals surface area contributed by atoms with Gasteiger partial charge in [0.05, 0.1) is 11.1 Å². The Labute approximate surface area is 124 Å². The lowest BCUT2D eigenvalue weighted by atomic mass is 10.3. The monoisotopic (exact) mass is 313 g/mol. The van der Waals surface area contributed by atoms with E-state index in [1.54, 1.807) is 0 Å². The first-order valence-electron chi connectivity index (χ1n) is 6.35. The number of hydrogen-bond donors (Lipinski definition) is 1. The van der Waals surface area contributed by atoms with E-state index < -0.39 is 5.82 Å². The molecule has 1 saturated carbocycles. The van der Waals surface area contributed by atoms with Crippen molar-refractivity contribution in [3.63, 3.8) is 0 Å². The van der Waals surface area contributed by atoms with E-state index in [9.17, 15) is 4.39 Å². The fourth-order valence-electron chi connectivity index (χ4n) is 2.36. The summed E-state index contributed by atoms with van der Waals surface area (Å²) >= 11 is 6.95. The number of benzene rings is 1. The first kappa shape index (κ1) is 13.6. The van der Waals surface area contributed by atoms with Crippen molar-refractivity contribution in [1.82, 2.24) is 20.2 Å². The summed E-state index contributed by atoms with van der Waals surface area (Å²) < 4.78 is 15.3. The highest BCUT2D eigenvalue weighted by atomic mass is 35.5. The van der Waals surface area contributed by atoms with E-state index in [0.717, 1.165) is 12.8 Å². The molecule has 0 radical (unpaired) electrons. The molecule has 0 saturated heterocycles. The van der Waals surface area contributed by atoms with Crippen LogP contribution in [0.25, 0.3) is 0 Å². The summed E-state index contributed by atoms with van der Waals surface area (Å²) in [6, 6.07) is 3.05. The summed E-state index contributed by atoms with van der Waals surface area (Å²) in [7, 11) is 0. The topological polar surface area (TPSA) is 69.6 Å². The standard InChI is InChI=1S/C12H13ClFN5S/c13-8-5-10(15)11(6-9(8)14)20-12-16-17-18-19(12)7-3-1-2-4-7/h5-7H,1-4,15H2. The van der Waals surface area contributed by atoms with Crippen molar-refractivity contribution < 1.29 is 4.39 Å². The van der Waals surface area contributed by atoms with Crippen molar-refractivity contribution in [2.45, 2.75) is 41.8 Å². The van der Waals surface area contributed by atoms with Crippen molar-refractivity contribution in [2.75, 3.05) is 5.73 Å². The van der Waals surface area contributed by atoms with E-state index >= 15 is 0 Å². The van der Waals surface area contributed by atoms with Gasteiger partial charge < -0.3 is 5.73 Å². The van der Waals surface area contributed by atoms with Gasteiger partial charge in [0.15, 0.2) is 0 Å². The van der Waals surface area contributed by atoms with Crippen molar-refractivity contribution >= 4 is 29.1 Å². The van der Waals surface area contributed by atoms with E-state index in [-0.39, 0.29) is 5.02 Å². The van der Waals surface area contributed by atoms with E-state index in [4.69, 9.17) is 17.3 Å². The molecular formula is C12H13ClFN5S. The normalized spacial score (nSPS) is 15.9. The summed E-state index contributed by atoms with van der Waals surface area (Å²) in [6.07, 6.45) is 4.52. The van der Waals surface area contributed by atoms with Crippen LogP contribution in [0.3, 0.4) is 0 Å². The van der Waals surface area contributed by atoms with Crippen molar-refractivity contribution in [3.05, 3.63) is 23.0 Å². The highest BCUT2D eigenvalue weighted by molar-refractivity contribution is 7.99. The number of nitrogens with zero attached hydrogens (tertiary/aromatic N) is 4. The molecule has 0 amide bonds. The van der Waals surface area contributed by atoms with E-state index in [1.807, 2.05) is 4.68 Å². The van der Waals surface area contributed by atoms with Crippen LogP contribution in [-0.2, 0) is 0 Å². The van der Waals surface area contributed by atoms with Gasteiger partial charge in [-0.1, -0.05) is 24.4 Å². The molecule has 20 heavy (non-hydrogen) atoms. The Hall–Kier alpha value is -1.34. The van der Waals surface area contributed by atoms with Gasteiger partial charge in [0.25, 0.3) is 0 Å². The smallest absolute Gasteiger partial charge is 0.214 e. The molecule has 106 valence electrons. The van der Waals surface area contributed by atoms with Gasteiger partial charge in [0.1, 0.15) is 5.82 Å². The van der Waals surface area contributed by atoms with Crippen LogP contribution in [0.5, 0.6) is 0 Å². The second kappa shape index (κ2) is 5.57. The molecule has 2 N–H and O–H groups in total. The molecule has 1 heterocycles. The van der Waals surface area contributed by atoms with Gasteiger partial charge in [0.2, 0.25) is 5.16 Å². The summed E-state index contributed by atoms with van der Waals surface area (Å²) in [4.78, 5) is 0.570. The van der Waals surface area contributed by atoms with E-state index in [1.165, 1.54) is 36.7 Å². The predicted octanol–water partition coefficient (Wildman–Crippen LogP) is 3.31. The van der Waals surface area contributed by atoms with Gasteiger partial charge in [-0.25, -0.2) is 9.07 Å². The van der Waals surface area contributed by atoms with E-state index in [0.29, 0.717) is 21.8 Å². The predicted molar refractivity (Wildman–Crippen MR) is 75.3 cm³/mol. The van der Waals surface area contributed by atoms with Gasteiger partial charge >= 0.3 is 0 Å². The van der Waals surface area contributed by atoms with Gasteiger partial charge in [-0.05, 0) is 47.2 Å². The summed E-state index contributed by atoms with van der Waals surface area (Å²) in [5, 5.41) is 12.4. The zero-order chi connectivity index (χ0) is 14.1. The first-order valence-corrected chi connectivity index (χ1v) is 7.55. The second-order valence-electron chi connectivity index (χ2n) is 4.75. The zero-order valence-electron chi connectivity index (χ0n) is 10.6. The highest BCUT2D eigenvalue weighted by Gasteiger charge is 2.22. The summed E-state index contributed by atoms with van der Waals surface area (Å²) in [6.45, 7) is 0. The molecule has 1 aliphatic rings. The Kier molecular flexibility index (Phi) is 3.80. The largest absolute Gasteiger partial charge is 0.398 e. The molecule has 1 aliphatic carbocycles. The molecule has 0 bridgehead atoms. The number of hydrogen-bond acceptors (Lipinski definition) is 5. The number of nitrogens with two attached hydrogens (primary N) is 1. The van der Waals surface area contributed by atoms with Crippen LogP contribution in [0.4, 0.5) is 10.1 Å². The molecule has 0 atom stereocenters. The number of anilines is 1. The third-order valence-corrected chi connectivity index (χ3v) is 4.70. The summed E-state index contributed by atoms with van der Waals surface area (Å²) in [5.74, 6) is -0.497. The van der Waals surface area contributed by atoms with E-state index in [2.05, 4.69) is 15.5 Å². The first-order chi connectivity index (χ1) is 9.65. The van der Waals surface area contributed by atoms with Gasteiger partial charge in [0, 0.05) is 10.6 Å². The Morgan fingerprint density at radius 3 is 2.85 bits per heavy atom. The average Bonchev–Trinajstić information content (AvgIpc) is 3.06. The second-order valence-corrected chi connectivity index (χ2v) is 6.17. The van der Waals surface area contributed by atoms with Gasteiger partial charge in [-0.3, -0.25) is 0 Å². The number of nitrogen functional groups attached to an aromatic ring is 1. The molecule has 8 heteroatoms. The minimum Gasteiger partial charge on any atom is -0.398 e. The molecule has 1 fully saturated rings. The number of rotatable bonds is 3. The Morgan fingerprint density at radius 1 is 1.35 bits per heavy atom. The maximum atomic E-state index is 13.5. The van der Waals surface area contributed by atoms with Crippen molar-refractivity contribution in [2.24, 2.45) is 0 Å². The van der Waals surface area contributed by atoms with Crippen LogP contribution in [0.1, 0.15) is 31.7 Å². The zero-order valence-corrected chi connectivity index (χ0v) is 12.2. The third-order valence-electron chi connectivity index (χ3n) is 3.39. The maximum absolute atomic E-state index is 13.5. The lowest BCUT2D eigenvalue weighted by Gasteiger charge is -2.11. The van der Waals surface area contributed by atoms with Gasteiger partial charge in [-0.2, -0.15) is 0 Å². The molecule has 1 aromatic carbocycles. The molecule has 0 aliphatic heterocycles. The molecule has 5 nitrogen and oxygen atoms in total. The molecule has 2 aromatic rings. The fourth-order valence-corrected chi connectivity index (χ4v) is 3.43. The minimum absolute atomic E-state index is 0.0160. The Bertz CT molecular complexity index is 626. The van der Waals surface area contributed by atoms with Crippen LogP contribution in [0.2, 0.25) is 5.02 Å². The van der Waals surface area contributed by atoms with Crippen LogP contribution in [-0.4, -0.2) is 20.2 Å². The lowest BCUT2D eigenvalue weighted by molar-refractivity contribution is 0.423. The molecule has 0 spiro atoms. The number of aromatic nitrogens is 4. The molecule has 3 rings (SSSR count). The quantitative estimate of drug-likeness (QED) is 0.880. The van der Waals surface area contributed by atoms with Crippen molar-refractivity contribution in [1.29, 1.82) is 0 Å². The highest BCUT2D eigenvalue weighted by Crippen LogP contribution is 2.37. The third kappa shape index (κ3) is 2.60. The lowest BCUT2D eigenvalue weighted by Crippen LogP contribution is -2.08. The maximum Gasteiger partial charge on any atom is 0.214 e. The van der Waals surface area contributed by atoms with Gasteiger partial charge in [-0.15, -0.1) is 5.10 Å². The molecule has 1 aromatic heterocycles.